The van der Waals surface area contributed by atoms with Crippen LogP contribution in [0.2, 0.25) is 0 Å². The molecule has 2 atom stereocenters. The first-order chi connectivity index (χ1) is 24.1. The average Bonchev–Trinajstić information content (AvgIpc) is 3.78. The van der Waals surface area contributed by atoms with Gasteiger partial charge in [-0.25, -0.2) is 0 Å². The van der Waals surface area contributed by atoms with Gasteiger partial charge in [-0.3, -0.25) is 9.80 Å². The third-order valence-corrected chi connectivity index (χ3v) is 10.2. The first kappa shape index (κ1) is 37.5. The lowest BCUT2D eigenvalue weighted by atomic mass is 9.99. The maximum Gasteiger partial charge on any atom is 0.161 e. The van der Waals surface area contributed by atoms with Gasteiger partial charge in [-0.15, -0.1) is 0 Å². The van der Waals surface area contributed by atoms with Gasteiger partial charge in [0.1, 0.15) is 24.6 Å². The van der Waals surface area contributed by atoms with Crippen LogP contribution in [-0.4, -0.2) is 47.2 Å². The predicted molar refractivity (Wildman–Crippen MR) is 207 cm³/mol. The summed E-state index contributed by atoms with van der Waals surface area (Å²) in [5.41, 5.74) is 7.43. The summed E-state index contributed by atoms with van der Waals surface area (Å²) in [4.78, 5) is 5.02. The second kappa shape index (κ2) is 17.9. The van der Waals surface area contributed by atoms with E-state index in [0.29, 0.717) is 36.6 Å². The van der Waals surface area contributed by atoms with Crippen LogP contribution >= 0.6 is 0 Å². The van der Waals surface area contributed by atoms with Crippen molar-refractivity contribution in [2.45, 2.75) is 112 Å². The van der Waals surface area contributed by atoms with E-state index >= 15 is 0 Å². The highest BCUT2D eigenvalue weighted by Crippen LogP contribution is 2.33. The Balaban J connectivity index is 0.000000130. The Bertz CT molecular complexity index is 1460. The van der Waals surface area contributed by atoms with Crippen LogP contribution in [-0.2, 0) is 32.5 Å². The normalized spacial score (nSPS) is 18.9. The number of rotatable bonds is 4. The molecule has 0 radical (unpaired) electrons. The van der Waals surface area contributed by atoms with E-state index in [1.807, 2.05) is 30.3 Å². The van der Waals surface area contributed by atoms with Gasteiger partial charge in [-0.2, -0.15) is 0 Å². The standard InChI is InChI=1S/C12H17N.C11H15N.C11H14O2.C11H14O/c1-10(2)13-8-7-11-5-3-4-6-12(11)9-13;1-9(2)12-7-10-5-3-4-6-11(10)8-12;1-8(2)11-7-12-9-5-3-4-6-10(9)13-11;1-8(2)11-7-9-5-3-4-6-10(9)12-11/h3-6,10H,7-9H2,1-2H3;3-6,9H,7-8H2,1-2H3;3-6,8,11H,7H2,1-2H3;3-6,8,11H,7H2,1-2H3. The summed E-state index contributed by atoms with van der Waals surface area (Å²) in [5.74, 6) is 3.91. The molecule has 4 aliphatic heterocycles. The molecule has 5 heteroatoms. The Morgan fingerprint density at radius 3 is 1.46 bits per heavy atom. The fourth-order valence-electron chi connectivity index (χ4n) is 6.63. The molecule has 0 saturated carbocycles. The quantitative estimate of drug-likeness (QED) is 0.215. The number of fused-ring (bicyclic) bond motifs is 4. The van der Waals surface area contributed by atoms with E-state index in [4.69, 9.17) is 14.2 Å². The first-order valence-electron chi connectivity index (χ1n) is 18.8. The molecular weight excluding hydrogens is 617 g/mol. The smallest absolute Gasteiger partial charge is 0.161 e. The van der Waals surface area contributed by atoms with E-state index in [-0.39, 0.29) is 6.10 Å². The molecule has 4 aromatic rings. The van der Waals surface area contributed by atoms with E-state index in [1.165, 1.54) is 35.2 Å². The Morgan fingerprint density at radius 2 is 0.920 bits per heavy atom. The van der Waals surface area contributed by atoms with Crippen LogP contribution < -0.4 is 14.2 Å². The van der Waals surface area contributed by atoms with Crippen LogP contribution in [0.3, 0.4) is 0 Å². The van der Waals surface area contributed by atoms with Crippen molar-refractivity contribution in [3.63, 3.8) is 0 Å². The van der Waals surface area contributed by atoms with Gasteiger partial charge in [0.25, 0.3) is 0 Å². The highest BCUT2D eigenvalue weighted by Gasteiger charge is 2.25. The highest BCUT2D eigenvalue weighted by molar-refractivity contribution is 5.41. The summed E-state index contributed by atoms with van der Waals surface area (Å²) in [5, 5.41) is 0. The van der Waals surface area contributed by atoms with Crippen LogP contribution in [0.1, 0.15) is 83.2 Å². The number of hydrogen-bond acceptors (Lipinski definition) is 5. The molecule has 2 unspecified atom stereocenters. The number of para-hydroxylation sites is 3. The third-order valence-electron chi connectivity index (χ3n) is 10.2. The van der Waals surface area contributed by atoms with E-state index in [9.17, 15) is 0 Å². The lowest BCUT2D eigenvalue weighted by molar-refractivity contribution is 0.0591. The topological polar surface area (TPSA) is 34.2 Å². The predicted octanol–water partition coefficient (Wildman–Crippen LogP) is 9.99. The van der Waals surface area contributed by atoms with E-state index < -0.39 is 0 Å². The molecule has 50 heavy (non-hydrogen) atoms. The summed E-state index contributed by atoms with van der Waals surface area (Å²) in [7, 11) is 0. The Morgan fingerprint density at radius 1 is 0.480 bits per heavy atom. The summed E-state index contributed by atoms with van der Waals surface area (Å²) in [6, 6.07) is 35.0. The Hall–Kier alpha value is -3.80. The lowest BCUT2D eigenvalue weighted by Crippen LogP contribution is -2.35. The van der Waals surface area contributed by atoms with Gasteiger partial charge in [-0.05, 0) is 92.0 Å². The van der Waals surface area contributed by atoms with Crippen molar-refractivity contribution in [1.29, 1.82) is 0 Å². The van der Waals surface area contributed by atoms with Crippen molar-refractivity contribution >= 4 is 0 Å². The van der Waals surface area contributed by atoms with Gasteiger partial charge in [0.2, 0.25) is 0 Å². The van der Waals surface area contributed by atoms with Crippen LogP contribution in [0.5, 0.6) is 17.2 Å². The maximum absolute atomic E-state index is 5.77. The summed E-state index contributed by atoms with van der Waals surface area (Å²) in [6.45, 7) is 23.0. The van der Waals surface area contributed by atoms with Crippen molar-refractivity contribution in [2.24, 2.45) is 11.8 Å². The fourth-order valence-corrected chi connectivity index (χ4v) is 6.63. The molecule has 4 aromatic carbocycles. The van der Waals surface area contributed by atoms with Gasteiger partial charge in [-0.1, -0.05) is 107 Å². The van der Waals surface area contributed by atoms with Gasteiger partial charge in [0.05, 0.1) is 0 Å². The monoisotopic (exact) mass is 676 g/mol. The highest BCUT2D eigenvalue weighted by atomic mass is 16.6. The lowest BCUT2D eigenvalue weighted by Gasteiger charge is -2.31. The zero-order valence-electron chi connectivity index (χ0n) is 31.8. The minimum absolute atomic E-state index is 0.190. The number of nitrogens with zero attached hydrogens (tertiary/aromatic N) is 2. The third kappa shape index (κ3) is 10.1. The average molecular weight is 677 g/mol. The van der Waals surface area contributed by atoms with E-state index in [1.54, 1.807) is 5.56 Å². The molecule has 8 rings (SSSR count). The summed E-state index contributed by atoms with van der Waals surface area (Å²) >= 11 is 0. The molecule has 0 amide bonds. The van der Waals surface area contributed by atoms with Gasteiger partial charge in [0, 0.05) is 44.7 Å². The minimum Gasteiger partial charge on any atom is -0.490 e. The Kier molecular flexibility index (Phi) is 13.4. The molecule has 0 aromatic heterocycles. The van der Waals surface area contributed by atoms with Crippen LogP contribution in [0.25, 0.3) is 0 Å². The largest absolute Gasteiger partial charge is 0.490 e. The first-order valence-corrected chi connectivity index (χ1v) is 18.8. The molecule has 0 aliphatic carbocycles. The molecule has 0 bridgehead atoms. The minimum atomic E-state index is 0.190. The van der Waals surface area contributed by atoms with E-state index in [2.05, 4.69) is 132 Å². The van der Waals surface area contributed by atoms with Gasteiger partial charge < -0.3 is 14.2 Å². The second-order valence-electron chi connectivity index (χ2n) is 15.2. The molecule has 0 fully saturated rings. The molecule has 0 saturated heterocycles. The zero-order chi connectivity index (χ0) is 35.6. The molecule has 5 nitrogen and oxygen atoms in total. The zero-order valence-corrected chi connectivity index (χ0v) is 31.8. The number of hydrogen-bond donors (Lipinski definition) is 0. The molecule has 0 N–H and O–H groups in total. The molecule has 268 valence electrons. The SMILES string of the molecule is CC(C)C1COc2ccccc2O1.CC(C)C1Cc2ccccc2O1.CC(C)N1CCc2ccccc2C1.CC(C)N1Cc2ccccc2C1. The second-order valence-corrected chi connectivity index (χ2v) is 15.2. The molecular formula is C45H60N2O3. The van der Waals surface area contributed by atoms with Crippen molar-refractivity contribution in [2.75, 3.05) is 13.2 Å². The van der Waals surface area contributed by atoms with Crippen molar-refractivity contribution < 1.29 is 14.2 Å². The number of benzene rings is 4. The van der Waals surface area contributed by atoms with Gasteiger partial charge in [0.15, 0.2) is 11.5 Å². The van der Waals surface area contributed by atoms with E-state index in [0.717, 1.165) is 43.3 Å². The van der Waals surface area contributed by atoms with Gasteiger partial charge >= 0.3 is 0 Å². The van der Waals surface area contributed by atoms with Crippen molar-refractivity contribution in [3.8, 4) is 17.2 Å². The van der Waals surface area contributed by atoms with Crippen molar-refractivity contribution in [3.05, 3.63) is 125 Å². The van der Waals surface area contributed by atoms with Crippen molar-refractivity contribution in [1.82, 2.24) is 9.80 Å². The summed E-state index contributed by atoms with van der Waals surface area (Å²) < 4.78 is 17.1. The maximum atomic E-state index is 5.77. The van der Waals surface area contributed by atoms with Crippen LogP contribution in [0.15, 0.2) is 97.1 Å². The molecule has 4 aliphatic rings. The summed E-state index contributed by atoms with van der Waals surface area (Å²) in [6.07, 6.45) is 2.87. The molecule has 4 heterocycles. The van der Waals surface area contributed by atoms with Crippen LogP contribution in [0.4, 0.5) is 0 Å². The Labute approximate surface area is 302 Å². The molecule has 0 spiro atoms. The van der Waals surface area contributed by atoms with Crippen LogP contribution in [0, 0.1) is 11.8 Å². The fraction of sp³-hybridized carbons (Fsp3) is 0.467. The number of ether oxygens (including phenoxy) is 3.